The van der Waals surface area contributed by atoms with E-state index in [1.165, 1.54) is 25.7 Å². The molecule has 0 rings (SSSR count). The van der Waals surface area contributed by atoms with Crippen LogP contribution in [0.1, 0.15) is 65.2 Å². The molecule has 4 nitrogen and oxygen atoms in total. The average Bonchev–Trinajstić information content (AvgIpc) is 2.44. The number of ether oxygens (including phenoxy) is 2. The van der Waals surface area contributed by atoms with E-state index >= 15 is 0 Å². The molecule has 0 aromatic carbocycles. The monoisotopic (exact) mass is 284 g/mol. The Hall–Kier alpha value is -1.32. The van der Waals surface area contributed by atoms with Crippen molar-refractivity contribution < 1.29 is 19.1 Å². The molecular weight excluding hydrogens is 256 g/mol. The molecule has 0 radical (unpaired) electrons. The molecule has 0 heterocycles. The van der Waals surface area contributed by atoms with Crippen molar-refractivity contribution in [3.8, 4) is 0 Å². The second-order valence-electron chi connectivity index (χ2n) is 4.79. The van der Waals surface area contributed by atoms with E-state index in [2.05, 4.69) is 6.92 Å². The Balaban J connectivity index is 3.50. The standard InChI is InChI=1S/C16H28O4/c1-3-5-7-8-9-10-14-20-16(18)12-11-15(17)19-13-6-4-2/h11-12H,3-10,13-14H2,1-2H3/b12-11+. The van der Waals surface area contributed by atoms with E-state index in [0.29, 0.717) is 13.2 Å². The van der Waals surface area contributed by atoms with Crippen LogP contribution in [0.4, 0.5) is 0 Å². The molecule has 0 aromatic rings. The van der Waals surface area contributed by atoms with Gasteiger partial charge in [0.25, 0.3) is 0 Å². The van der Waals surface area contributed by atoms with E-state index in [-0.39, 0.29) is 0 Å². The van der Waals surface area contributed by atoms with Crippen molar-refractivity contribution in [1.82, 2.24) is 0 Å². The summed E-state index contributed by atoms with van der Waals surface area (Å²) in [7, 11) is 0. The van der Waals surface area contributed by atoms with Crippen molar-refractivity contribution in [2.45, 2.75) is 65.2 Å². The van der Waals surface area contributed by atoms with Crippen LogP contribution in [0.5, 0.6) is 0 Å². The van der Waals surface area contributed by atoms with Gasteiger partial charge in [-0.3, -0.25) is 0 Å². The third-order valence-electron chi connectivity index (χ3n) is 2.84. The summed E-state index contributed by atoms with van der Waals surface area (Å²) in [6.45, 7) is 5.01. The van der Waals surface area contributed by atoms with Crippen LogP contribution in [-0.4, -0.2) is 25.2 Å². The number of hydrogen-bond donors (Lipinski definition) is 0. The quantitative estimate of drug-likeness (QED) is 0.311. The third-order valence-corrected chi connectivity index (χ3v) is 2.84. The van der Waals surface area contributed by atoms with E-state index in [1.807, 2.05) is 6.92 Å². The second-order valence-corrected chi connectivity index (χ2v) is 4.79. The Morgan fingerprint density at radius 1 is 0.700 bits per heavy atom. The molecule has 0 atom stereocenters. The van der Waals surface area contributed by atoms with Crippen LogP contribution in [-0.2, 0) is 19.1 Å². The van der Waals surface area contributed by atoms with E-state index in [0.717, 1.165) is 37.8 Å². The molecule has 0 aromatic heterocycles. The highest BCUT2D eigenvalue weighted by molar-refractivity contribution is 5.91. The predicted molar refractivity (Wildman–Crippen MR) is 79.3 cm³/mol. The minimum atomic E-state index is -0.491. The number of esters is 2. The molecule has 0 fully saturated rings. The summed E-state index contributed by atoms with van der Waals surface area (Å²) in [6.07, 6.45) is 10.9. The van der Waals surface area contributed by atoms with Crippen molar-refractivity contribution in [2.75, 3.05) is 13.2 Å². The molecule has 0 saturated carbocycles. The van der Waals surface area contributed by atoms with Crippen LogP contribution in [0.3, 0.4) is 0 Å². The second kappa shape index (κ2) is 14.1. The van der Waals surface area contributed by atoms with E-state index in [1.54, 1.807) is 0 Å². The molecule has 20 heavy (non-hydrogen) atoms. The number of carbonyl (C=O) groups excluding carboxylic acids is 2. The minimum Gasteiger partial charge on any atom is -0.463 e. The Bertz CT molecular complexity index is 284. The molecule has 0 aliphatic heterocycles. The first-order valence-electron chi connectivity index (χ1n) is 7.72. The smallest absolute Gasteiger partial charge is 0.331 e. The number of rotatable bonds is 12. The van der Waals surface area contributed by atoms with Crippen molar-refractivity contribution in [2.24, 2.45) is 0 Å². The van der Waals surface area contributed by atoms with Crippen molar-refractivity contribution in [3.63, 3.8) is 0 Å². The first-order chi connectivity index (χ1) is 9.70. The maximum absolute atomic E-state index is 11.3. The number of carbonyl (C=O) groups is 2. The molecule has 0 aliphatic rings. The van der Waals surface area contributed by atoms with Gasteiger partial charge in [0.2, 0.25) is 0 Å². The molecule has 0 N–H and O–H groups in total. The molecule has 0 saturated heterocycles. The van der Waals surface area contributed by atoms with Gasteiger partial charge in [-0.1, -0.05) is 52.4 Å². The average molecular weight is 284 g/mol. The topological polar surface area (TPSA) is 52.6 Å². The van der Waals surface area contributed by atoms with E-state index in [9.17, 15) is 9.59 Å². The largest absolute Gasteiger partial charge is 0.463 e. The number of hydrogen-bond acceptors (Lipinski definition) is 4. The van der Waals surface area contributed by atoms with Gasteiger partial charge < -0.3 is 9.47 Å². The highest BCUT2D eigenvalue weighted by Crippen LogP contribution is 2.04. The lowest BCUT2D eigenvalue weighted by atomic mass is 10.1. The molecule has 116 valence electrons. The van der Waals surface area contributed by atoms with Crippen LogP contribution in [0.25, 0.3) is 0 Å². The van der Waals surface area contributed by atoms with Gasteiger partial charge in [-0.05, 0) is 12.8 Å². The van der Waals surface area contributed by atoms with Crippen LogP contribution in [0.2, 0.25) is 0 Å². The van der Waals surface area contributed by atoms with Gasteiger partial charge in [0.15, 0.2) is 0 Å². The maximum Gasteiger partial charge on any atom is 0.331 e. The lowest BCUT2D eigenvalue weighted by molar-refractivity contribution is -0.140. The zero-order valence-electron chi connectivity index (χ0n) is 12.9. The van der Waals surface area contributed by atoms with Crippen LogP contribution >= 0.6 is 0 Å². The van der Waals surface area contributed by atoms with E-state index < -0.39 is 11.9 Å². The Morgan fingerprint density at radius 2 is 1.15 bits per heavy atom. The molecule has 4 heteroatoms. The highest BCUT2D eigenvalue weighted by Gasteiger charge is 2.00. The predicted octanol–water partition coefficient (Wildman–Crippen LogP) is 3.79. The normalized spacial score (nSPS) is 10.7. The first-order valence-corrected chi connectivity index (χ1v) is 7.72. The molecular formula is C16H28O4. The number of unbranched alkanes of at least 4 members (excludes halogenated alkanes) is 6. The molecule has 0 spiro atoms. The summed E-state index contributed by atoms with van der Waals surface area (Å²) in [5, 5.41) is 0. The zero-order chi connectivity index (χ0) is 15.1. The van der Waals surface area contributed by atoms with E-state index in [4.69, 9.17) is 9.47 Å². The Kier molecular flexibility index (Phi) is 13.2. The zero-order valence-corrected chi connectivity index (χ0v) is 12.9. The fraction of sp³-hybridized carbons (Fsp3) is 0.750. The van der Waals surface area contributed by atoms with Gasteiger partial charge in [-0.2, -0.15) is 0 Å². The summed E-state index contributed by atoms with van der Waals surface area (Å²) >= 11 is 0. The highest BCUT2D eigenvalue weighted by atomic mass is 16.5. The van der Waals surface area contributed by atoms with Gasteiger partial charge >= 0.3 is 11.9 Å². The first kappa shape index (κ1) is 18.7. The molecule has 0 amide bonds. The summed E-state index contributed by atoms with van der Waals surface area (Å²) in [5.41, 5.74) is 0. The fourth-order valence-corrected chi connectivity index (χ4v) is 1.60. The summed E-state index contributed by atoms with van der Waals surface area (Å²) in [6, 6.07) is 0. The SMILES string of the molecule is CCCCCCCCOC(=O)/C=C/C(=O)OCCCC. The Labute approximate surface area is 122 Å². The molecule has 0 unspecified atom stereocenters. The minimum absolute atomic E-state index is 0.395. The van der Waals surface area contributed by atoms with Crippen LogP contribution < -0.4 is 0 Å². The van der Waals surface area contributed by atoms with Crippen LogP contribution in [0, 0.1) is 0 Å². The summed E-state index contributed by atoms with van der Waals surface area (Å²) in [4.78, 5) is 22.5. The molecule has 0 aliphatic carbocycles. The van der Waals surface area contributed by atoms with Crippen molar-refractivity contribution in [3.05, 3.63) is 12.2 Å². The summed E-state index contributed by atoms with van der Waals surface area (Å²) in [5.74, 6) is -0.971. The van der Waals surface area contributed by atoms with Crippen molar-refractivity contribution >= 4 is 11.9 Å². The maximum atomic E-state index is 11.3. The fourth-order valence-electron chi connectivity index (χ4n) is 1.60. The van der Waals surface area contributed by atoms with Gasteiger partial charge in [0, 0.05) is 12.2 Å². The third kappa shape index (κ3) is 13.1. The van der Waals surface area contributed by atoms with Gasteiger partial charge in [0.1, 0.15) is 0 Å². The molecule has 0 bridgehead atoms. The lowest BCUT2D eigenvalue weighted by Gasteiger charge is -2.02. The van der Waals surface area contributed by atoms with Gasteiger partial charge in [-0.15, -0.1) is 0 Å². The van der Waals surface area contributed by atoms with Crippen molar-refractivity contribution in [1.29, 1.82) is 0 Å². The summed E-state index contributed by atoms with van der Waals surface area (Å²) < 4.78 is 9.87. The van der Waals surface area contributed by atoms with Gasteiger partial charge in [-0.25, -0.2) is 9.59 Å². The van der Waals surface area contributed by atoms with Gasteiger partial charge in [0.05, 0.1) is 13.2 Å². The lowest BCUT2D eigenvalue weighted by Crippen LogP contribution is -2.06. The van der Waals surface area contributed by atoms with Crippen LogP contribution in [0.15, 0.2) is 12.2 Å². The Morgan fingerprint density at radius 3 is 1.70 bits per heavy atom.